The number of carbonyl (C=O) groups is 2. The lowest BCUT2D eigenvalue weighted by atomic mass is 9.95. The van der Waals surface area contributed by atoms with E-state index in [1.54, 1.807) is 12.1 Å². The summed E-state index contributed by atoms with van der Waals surface area (Å²) in [6.07, 6.45) is 1.73. The number of amides is 1. The lowest BCUT2D eigenvalue weighted by Crippen LogP contribution is -2.55. The van der Waals surface area contributed by atoms with Crippen molar-refractivity contribution in [3.05, 3.63) is 74.6 Å². The fraction of sp³-hybridized carbons (Fsp3) is 0.464. The van der Waals surface area contributed by atoms with E-state index in [2.05, 4.69) is 16.7 Å². The zero-order valence-corrected chi connectivity index (χ0v) is 21.4. The molecule has 0 spiro atoms. The topological polar surface area (TPSA) is 54.2 Å². The van der Waals surface area contributed by atoms with Gasteiger partial charge in [0.15, 0.2) is 11.5 Å². The fourth-order valence-electron chi connectivity index (χ4n) is 5.03. The molecule has 6 nitrogen and oxygen atoms in total. The molecule has 184 valence electrons. The van der Waals surface area contributed by atoms with E-state index in [4.69, 9.17) is 22.9 Å². The molecule has 2 fully saturated rings. The van der Waals surface area contributed by atoms with Crippen LogP contribution in [0.25, 0.3) is 4.85 Å². The third-order valence-corrected chi connectivity index (χ3v) is 7.40. The van der Waals surface area contributed by atoms with Gasteiger partial charge in [-0.3, -0.25) is 14.5 Å². The third-order valence-electron chi connectivity index (χ3n) is 7.18. The number of piperazine rings is 1. The van der Waals surface area contributed by atoms with Gasteiger partial charge < -0.3 is 9.64 Å². The first-order valence-corrected chi connectivity index (χ1v) is 12.6. The SMILES string of the molecule is [C-]#[N+]c1cc(C(=O)Cc2cc(Cl)cc(CN3CCN(C(=O)[C@H]4CCCO4)[C@@H](C)C3)c2C)ccc1C. The molecule has 0 aliphatic carbocycles. The standard InChI is InChI=1S/C28H32ClN3O3/c1-18-7-8-21(14-25(18)30-4)26(33)15-22-12-24(29)13-23(20(22)3)17-31-9-10-32(19(2)16-31)28(34)27-6-5-11-35-27/h7-8,12-14,19,27H,5-6,9-11,15-17H2,1-3H3/t19-,27+/m0/s1. The summed E-state index contributed by atoms with van der Waals surface area (Å²) in [5.74, 6) is 0.0907. The molecule has 7 heteroatoms. The fourth-order valence-corrected chi connectivity index (χ4v) is 5.29. The zero-order valence-electron chi connectivity index (χ0n) is 20.6. The Morgan fingerprint density at radius 2 is 1.94 bits per heavy atom. The van der Waals surface area contributed by atoms with Crippen molar-refractivity contribution in [1.82, 2.24) is 9.80 Å². The summed E-state index contributed by atoms with van der Waals surface area (Å²) in [5.41, 5.74) is 4.98. The van der Waals surface area contributed by atoms with Crippen molar-refractivity contribution in [2.45, 2.75) is 58.7 Å². The number of Topliss-reactive ketones (excluding diaryl/α,β-unsaturated/α-hetero) is 1. The molecule has 0 saturated carbocycles. The number of hydrogen-bond acceptors (Lipinski definition) is 4. The molecule has 0 N–H and O–H groups in total. The van der Waals surface area contributed by atoms with Crippen molar-refractivity contribution < 1.29 is 14.3 Å². The van der Waals surface area contributed by atoms with E-state index >= 15 is 0 Å². The largest absolute Gasteiger partial charge is 0.368 e. The molecule has 4 rings (SSSR count). The monoisotopic (exact) mass is 493 g/mol. The molecule has 1 amide bonds. The van der Waals surface area contributed by atoms with E-state index in [1.807, 2.05) is 36.9 Å². The third kappa shape index (κ3) is 5.75. The van der Waals surface area contributed by atoms with Gasteiger partial charge in [0, 0.05) is 55.8 Å². The smallest absolute Gasteiger partial charge is 0.252 e. The molecule has 0 aromatic heterocycles. The molecular formula is C28H32ClN3O3. The molecular weight excluding hydrogens is 462 g/mol. The predicted octanol–water partition coefficient (Wildman–Crippen LogP) is 5.14. The highest BCUT2D eigenvalue weighted by atomic mass is 35.5. The average Bonchev–Trinajstić information content (AvgIpc) is 3.37. The van der Waals surface area contributed by atoms with Crippen LogP contribution in [0.4, 0.5) is 5.69 Å². The van der Waals surface area contributed by atoms with Gasteiger partial charge in [0.1, 0.15) is 6.10 Å². The summed E-state index contributed by atoms with van der Waals surface area (Å²) in [6.45, 7) is 16.9. The van der Waals surface area contributed by atoms with E-state index in [1.165, 1.54) is 0 Å². The van der Waals surface area contributed by atoms with Gasteiger partial charge in [0.2, 0.25) is 0 Å². The predicted molar refractivity (Wildman–Crippen MR) is 137 cm³/mol. The van der Waals surface area contributed by atoms with E-state index < -0.39 is 0 Å². The molecule has 0 unspecified atom stereocenters. The summed E-state index contributed by atoms with van der Waals surface area (Å²) >= 11 is 6.47. The number of rotatable bonds is 6. The van der Waals surface area contributed by atoms with Gasteiger partial charge in [-0.25, -0.2) is 4.85 Å². The second-order valence-corrected chi connectivity index (χ2v) is 10.1. The lowest BCUT2D eigenvalue weighted by molar-refractivity contribution is -0.145. The van der Waals surface area contributed by atoms with Crippen molar-refractivity contribution in [3.8, 4) is 0 Å². The van der Waals surface area contributed by atoms with Gasteiger partial charge in [-0.1, -0.05) is 23.7 Å². The van der Waals surface area contributed by atoms with E-state index in [0.29, 0.717) is 36.0 Å². The maximum absolute atomic E-state index is 13.0. The molecule has 2 aromatic carbocycles. The van der Waals surface area contributed by atoms with Crippen LogP contribution in [-0.2, 0) is 22.5 Å². The second kappa shape index (κ2) is 10.9. The Kier molecular flexibility index (Phi) is 7.91. The van der Waals surface area contributed by atoms with Gasteiger partial charge in [-0.15, -0.1) is 0 Å². The highest BCUT2D eigenvalue weighted by Gasteiger charge is 2.34. The number of carbonyl (C=O) groups excluding carboxylic acids is 2. The second-order valence-electron chi connectivity index (χ2n) is 9.68. The number of ketones is 1. The molecule has 2 aromatic rings. The molecule has 0 bridgehead atoms. The normalized spacial score (nSPS) is 20.6. The van der Waals surface area contributed by atoms with Crippen molar-refractivity contribution in [1.29, 1.82) is 0 Å². The van der Waals surface area contributed by atoms with Crippen LogP contribution in [-0.4, -0.2) is 59.9 Å². The van der Waals surface area contributed by atoms with Crippen LogP contribution in [0.3, 0.4) is 0 Å². The van der Waals surface area contributed by atoms with E-state index in [-0.39, 0.29) is 30.3 Å². The summed E-state index contributed by atoms with van der Waals surface area (Å²) in [4.78, 5) is 33.6. The first-order valence-electron chi connectivity index (χ1n) is 12.2. The Balaban J connectivity index is 1.44. The van der Waals surface area contributed by atoms with Crippen LogP contribution >= 0.6 is 11.6 Å². The van der Waals surface area contributed by atoms with Crippen molar-refractivity contribution in [2.75, 3.05) is 26.2 Å². The molecule has 0 radical (unpaired) electrons. The minimum absolute atomic E-state index is 0.0268. The minimum atomic E-state index is -0.279. The molecule has 2 aliphatic rings. The van der Waals surface area contributed by atoms with Gasteiger partial charge >= 0.3 is 0 Å². The summed E-state index contributed by atoms with van der Waals surface area (Å²) in [7, 11) is 0. The number of nitrogens with zero attached hydrogens (tertiary/aromatic N) is 3. The lowest BCUT2D eigenvalue weighted by Gasteiger charge is -2.41. The Labute approximate surface area is 212 Å². The Morgan fingerprint density at radius 1 is 1.17 bits per heavy atom. The number of benzene rings is 2. The maximum atomic E-state index is 13.0. The molecule has 2 heterocycles. The Hall–Kier alpha value is -2.72. The van der Waals surface area contributed by atoms with Crippen LogP contribution in [0, 0.1) is 20.4 Å². The summed E-state index contributed by atoms with van der Waals surface area (Å²) < 4.78 is 5.60. The van der Waals surface area contributed by atoms with Crippen LogP contribution in [0.2, 0.25) is 5.02 Å². The first-order chi connectivity index (χ1) is 16.8. The Bertz CT molecular complexity index is 1170. The van der Waals surface area contributed by atoms with Crippen molar-refractivity contribution in [2.24, 2.45) is 0 Å². The average molecular weight is 494 g/mol. The number of ether oxygens (including phenoxy) is 1. The van der Waals surface area contributed by atoms with Crippen LogP contribution < -0.4 is 0 Å². The quantitative estimate of drug-likeness (QED) is 0.413. The van der Waals surface area contributed by atoms with Gasteiger partial charge in [-0.05, 0) is 74.1 Å². The number of halogens is 1. The number of hydrogen-bond donors (Lipinski definition) is 0. The van der Waals surface area contributed by atoms with Gasteiger partial charge in [0.05, 0.1) is 6.57 Å². The first kappa shape index (κ1) is 25.4. The van der Waals surface area contributed by atoms with E-state index in [0.717, 1.165) is 48.2 Å². The van der Waals surface area contributed by atoms with Gasteiger partial charge in [-0.2, -0.15) is 0 Å². The molecule has 35 heavy (non-hydrogen) atoms. The van der Waals surface area contributed by atoms with Crippen LogP contribution in [0.5, 0.6) is 0 Å². The zero-order chi connectivity index (χ0) is 25.1. The number of aryl methyl sites for hydroxylation is 1. The Morgan fingerprint density at radius 3 is 2.63 bits per heavy atom. The summed E-state index contributed by atoms with van der Waals surface area (Å²) in [5, 5.41) is 0.611. The van der Waals surface area contributed by atoms with E-state index in [9.17, 15) is 9.59 Å². The highest BCUT2D eigenvalue weighted by Crippen LogP contribution is 2.26. The molecule has 2 aliphatic heterocycles. The van der Waals surface area contributed by atoms with Crippen LogP contribution in [0.15, 0.2) is 30.3 Å². The van der Waals surface area contributed by atoms with Crippen LogP contribution in [0.1, 0.15) is 52.4 Å². The van der Waals surface area contributed by atoms with Gasteiger partial charge in [0.25, 0.3) is 5.91 Å². The highest BCUT2D eigenvalue weighted by molar-refractivity contribution is 6.30. The minimum Gasteiger partial charge on any atom is -0.368 e. The molecule has 2 saturated heterocycles. The van der Waals surface area contributed by atoms with Crippen molar-refractivity contribution >= 4 is 29.0 Å². The summed E-state index contributed by atoms with van der Waals surface area (Å²) in [6, 6.07) is 9.22. The van der Waals surface area contributed by atoms with Crippen molar-refractivity contribution in [3.63, 3.8) is 0 Å². The molecule has 2 atom stereocenters. The maximum Gasteiger partial charge on any atom is 0.252 e.